The molecule has 2 aromatic carbocycles. The molecule has 0 saturated carbocycles. The monoisotopic (exact) mass is 409 g/mol. The van der Waals surface area contributed by atoms with E-state index in [-0.39, 0.29) is 5.56 Å². The molecule has 2 heterocycles. The van der Waals surface area contributed by atoms with Crippen molar-refractivity contribution in [2.45, 2.75) is 33.4 Å². The molecule has 6 heteroatoms. The Balaban J connectivity index is 1.57. The molecule has 150 valence electrons. The minimum absolute atomic E-state index is 0.0627. The fourth-order valence-corrected chi connectivity index (χ4v) is 3.97. The van der Waals surface area contributed by atoms with Crippen LogP contribution in [0.3, 0.4) is 0 Å². The van der Waals surface area contributed by atoms with Crippen molar-refractivity contribution < 1.29 is 4.74 Å². The number of aryl methyl sites for hydroxylation is 2. The number of fused-ring (bicyclic) bond motifs is 1. The van der Waals surface area contributed by atoms with Gasteiger partial charge in [-0.2, -0.15) is 0 Å². The van der Waals surface area contributed by atoms with Gasteiger partial charge in [-0.25, -0.2) is 4.98 Å². The van der Waals surface area contributed by atoms with Gasteiger partial charge in [0.15, 0.2) is 0 Å². The lowest BCUT2D eigenvalue weighted by Gasteiger charge is -2.28. The van der Waals surface area contributed by atoms with Gasteiger partial charge in [-0.05, 0) is 60.9 Å². The molecule has 1 N–H and O–H groups in total. The van der Waals surface area contributed by atoms with Crippen LogP contribution in [0, 0.1) is 13.8 Å². The zero-order chi connectivity index (χ0) is 20.5. The quantitative estimate of drug-likeness (QED) is 0.699. The van der Waals surface area contributed by atoms with Crippen LogP contribution in [0.5, 0.6) is 5.75 Å². The summed E-state index contributed by atoms with van der Waals surface area (Å²) in [6, 6.07) is 11.6. The average Bonchev–Trinajstić information content (AvgIpc) is 2.71. The molecular weight excluding hydrogens is 386 g/mol. The number of rotatable bonds is 4. The molecule has 0 atom stereocenters. The highest BCUT2D eigenvalue weighted by atomic mass is 35.5. The number of hydrogen-bond acceptors (Lipinski definition) is 4. The van der Waals surface area contributed by atoms with Gasteiger partial charge in [0.1, 0.15) is 11.6 Å². The van der Waals surface area contributed by atoms with Gasteiger partial charge >= 0.3 is 0 Å². The molecule has 5 nitrogen and oxygen atoms in total. The molecular formula is C23H24ClN3O2. The number of hydrogen-bond donors (Lipinski definition) is 1. The molecule has 0 unspecified atom stereocenters. The second-order valence-corrected chi connectivity index (χ2v) is 7.99. The van der Waals surface area contributed by atoms with Gasteiger partial charge in [0, 0.05) is 36.6 Å². The van der Waals surface area contributed by atoms with E-state index in [1.54, 1.807) is 19.2 Å². The molecule has 4 rings (SSSR count). The summed E-state index contributed by atoms with van der Waals surface area (Å²) in [6.07, 6.45) is 0.758. The first-order valence-electron chi connectivity index (χ1n) is 9.69. The Labute approximate surface area is 175 Å². The van der Waals surface area contributed by atoms with Crippen molar-refractivity contribution in [3.8, 4) is 17.1 Å². The SMILES string of the molecule is COc1cc(C)c(CN2CCc3nc(-c4ccc(Cl)cc4)[nH]c(=O)c3C2)cc1C. The lowest BCUT2D eigenvalue weighted by molar-refractivity contribution is 0.241. The summed E-state index contributed by atoms with van der Waals surface area (Å²) >= 11 is 5.96. The Morgan fingerprint density at radius 2 is 1.93 bits per heavy atom. The highest BCUT2D eigenvalue weighted by molar-refractivity contribution is 6.30. The van der Waals surface area contributed by atoms with Gasteiger partial charge in [0.05, 0.1) is 18.4 Å². The first-order valence-corrected chi connectivity index (χ1v) is 10.1. The molecule has 1 aliphatic heterocycles. The highest BCUT2D eigenvalue weighted by Gasteiger charge is 2.22. The maximum Gasteiger partial charge on any atom is 0.255 e. The van der Waals surface area contributed by atoms with Gasteiger partial charge in [-0.15, -0.1) is 0 Å². The lowest BCUT2D eigenvalue weighted by Crippen LogP contribution is -2.35. The third-order valence-electron chi connectivity index (χ3n) is 5.51. The predicted octanol–water partition coefficient (Wildman–Crippen LogP) is 4.27. The fourth-order valence-electron chi connectivity index (χ4n) is 3.84. The third kappa shape index (κ3) is 4.07. The molecule has 0 saturated heterocycles. The van der Waals surface area contributed by atoms with Gasteiger partial charge in [-0.1, -0.05) is 17.7 Å². The summed E-state index contributed by atoms with van der Waals surface area (Å²) in [4.78, 5) is 22.7. The molecule has 1 aliphatic rings. The predicted molar refractivity (Wildman–Crippen MR) is 116 cm³/mol. The number of halogens is 1. The normalized spacial score (nSPS) is 13.9. The maximum atomic E-state index is 12.8. The molecule has 0 radical (unpaired) electrons. The van der Waals surface area contributed by atoms with Crippen molar-refractivity contribution >= 4 is 11.6 Å². The van der Waals surface area contributed by atoms with E-state index in [9.17, 15) is 4.79 Å². The van der Waals surface area contributed by atoms with E-state index in [2.05, 4.69) is 35.9 Å². The summed E-state index contributed by atoms with van der Waals surface area (Å²) in [5, 5.41) is 0.661. The van der Waals surface area contributed by atoms with E-state index < -0.39 is 0 Å². The maximum absolute atomic E-state index is 12.8. The van der Waals surface area contributed by atoms with E-state index >= 15 is 0 Å². The Bertz CT molecular complexity index is 1110. The second kappa shape index (κ2) is 8.01. The van der Waals surface area contributed by atoms with Gasteiger partial charge in [0.2, 0.25) is 0 Å². The number of aromatic nitrogens is 2. The molecule has 0 fully saturated rings. The van der Waals surface area contributed by atoms with E-state index in [0.29, 0.717) is 17.4 Å². The first kappa shape index (κ1) is 19.7. The molecule has 0 spiro atoms. The number of aromatic amines is 1. The van der Waals surface area contributed by atoms with Crippen LogP contribution in [-0.2, 0) is 19.5 Å². The van der Waals surface area contributed by atoms with Crippen molar-refractivity contribution in [1.29, 1.82) is 0 Å². The Morgan fingerprint density at radius 1 is 1.17 bits per heavy atom. The van der Waals surface area contributed by atoms with Crippen LogP contribution in [0.2, 0.25) is 5.02 Å². The zero-order valence-electron chi connectivity index (χ0n) is 16.9. The Morgan fingerprint density at radius 3 is 2.66 bits per heavy atom. The Kier molecular flexibility index (Phi) is 5.43. The average molecular weight is 410 g/mol. The van der Waals surface area contributed by atoms with Crippen LogP contribution in [-0.4, -0.2) is 28.5 Å². The topological polar surface area (TPSA) is 58.2 Å². The van der Waals surface area contributed by atoms with Crippen molar-refractivity contribution in [3.05, 3.63) is 79.7 Å². The van der Waals surface area contributed by atoms with E-state index in [1.807, 2.05) is 12.1 Å². The third-order valence-corrected chi connectivity index (χ3v) is 5.76. The van der Waals surface area contributed by atoms with E-state index in [0.717, 1.165) is 47.6 Å². The summed E-state index contributed by atoms with van der Waals surface area (Å²) in [5.41, 5.74) is 6.03. The van der Waals surface area contributed by atoms with Crippen LogP contribution in [0.4, 0.5) is 0 Å². The molecule has 29 heavy (non-hydrogen) atoms. The number of ether oxygens (including phenoxy) is 1. The van der Waals surface area contributed by atoms with Crippen LogP contribution in [0.1, 0.15) is 27.9 Å². The minimum atomic E-state index is -0.0627. The van der Waals surface area contributed by atoms with Crippen molar-refractivity contribution in [1.82, 2.24) is 14.9 Å². The number of nitrogens with one attached hydrogen (secondary N) is 1. The molecule has 3 aromatic rings. The summed E-state index contributed by atoms with van der Waals surface area (Å²) in [7, 11) is 1.70. The van der Waals surface area contributed by atoms with Crippen molar-refractivity contribution in [3.63, 3.8) is 0 Å². The van der Waals surface area contributed by atoms with Crippen molar-refractivity contribution in [2.75, 3.05) is 13.7 Å². The fraction of sp³-hybridized carbons (Fsp3) is 0.304. The van der Waals surface area contributed by atoms with Gasteiger partial charge in [-0.3, -0.25) is 9.69 Å². The second-order valence-electron chi connectivity index (χ2n) is 7.56. The van der Waals surface area contributed by atoms with Crippen LogP contribution in [0.15, 0.2) is 41.2 Å². The molecule has 0 aliphatic carbocycles. The minimum Gasteiger partial charge on any atom is -0.496 e. The Hall–Kier alpha value is -2.63. The molecule has 0 amide bonds. The summed E-state index contributed by atoms with van der Waals surface area (Å²) < 4.78 is 5.41. The van der Waals surface area contributed by atoms with Crippen molar-refractivity contribution in [2.24, 2.45) is 0 Å². The first-order chi connectivity index (χ1) is 13.9. The van der Waals surface area contributed by atoms with E-state index in [4.69, 9.17) is 21.3 Å². The van der Waals surface area contributed by atoms with Crippen LogP contribution >= 0.6 is 11.6 Å². The number of benzene rings is 2. The highest BCUT2D eigenvalue weighted by Crippen LogP contribution is 2.25. The molecule has 1 aromatic heterocycles. The smallest absolute Gasteiger partial charge is 0.255 e. The number of H-pyrrole nitrogens is 1. The van der Waals surface area contributed by atoms with E-state index in [1.165, 1.54) is 11.1 Å². The number of nitrogens with zero attached hydrogens (tertiary/aromatic N) is 2. The summed E-state index contributed by atoms with van der Waals surface area (Å²) in [5.74, 6) is 1.51. The van der Waals surface area contributed by atoms with Gasteiger partial charge in [0.25, 0.3) is 5.56 Å². The lowest BCUT2D eigenvalue weighted by atomic mass is 10.0. The van der Waals surface area contributed by atoms with Crippen LogP contribution in [0.25, 0.3) is 11.4 Å². The zero-order valence-corrected chi connectivity index (χ0v) is 17.6. The number of methoxy groups -OCH3 is 1. The molecule has 0 bridgehead atoms. The van der Waals surface area contributed by atoms with Gasteiger partial charge < -0.3 is 9.72 Å². The van der Waals surface area contributed by atoms with Crippen LogP contribution < -0.4 is 10.3 Å². The largest absolute Gasteiger partial charge is 0.496 e. The standard InChI is InChI=1S/C23H24ClN3O2/c1-14-11-21(29-3)15(2)10-17(14)12-27-9-8-20-19(13-27)23(28)26-22(25-20)16-4-6-18(24)7-5-16/h4-7,10-11H,8-9,12-13H2,1-3H3,(H,25,26,28). The summed E-state index contributed by atoms with van der Waals surface area (Å²) in [6.45, 7) is 6.42.